The van der Waals surface area contributed by atoms with Crippen molar-refractivity contribution in [3.8, 4) is 0 Å². The van der Waals surface area contributed by atoms with Crippen molar-refractivity contribution in [3.05, 3.63) is 0 Å². The van der Waals surface area contributed by atoms with Gasteiger partial charge in [0.25, 0.3) is 0 Å². The molecule has 0 amide bonds. The van der Waals surface area contributed by atoms with Crippen molar-refractivity contribution in [1.29, 1.82) is 0 Å². The fourth-order valence-electron chi connectivity index (χ4n) is 2.76. The number of rotatable bonds is 10. The molecule has 17 heavy (non-hydrogen) atoms. The van der Waals surface area contributed by atoms with E-state index in [1.807, 2.05) is 0 Å². The van der Waals surface area contributed by atoms with Crippen LogP contribution in [0.2, 0.25) is 0 Å². The minimum atomic E-state index is 0.919. The van der Waals surface area contributed by atoms with Gasteiger partial charge in [0.2, 0.25) is 0 Å². The third kappa shape index (κ3) is 9.68. The van der Waals surface area contributed by atoms with Gasteiger partial charge in [-0.25, -0.2) is 0 Å². The van der Waals surface area contributed by atoms with Gasteiger partial charge in [-0.1, -0.05) is 73.6 Å². The van der Waals surface area contributed by atoms with Gasteiger partial charge < -0.3 is 0 Å². The predicted molar refractivity (Wildman–Crippen MR) is 80.3 cm³/mol. The summed E-state index contributed by atoms with van der Waals surface area (Å²) in [4.78, 5) is 0. The minimum absolute atomic E-state index is 0.919. The second-order valence-electron chi connectivity index (χ2n) is 6.64. The Kier molecular flexibility index (Phi) is 9.97. The Bertz CT molecular complexity index is 143. The molecule has 104 valence electrons. The van der Waals surface area contributed by atoms with E-state index in [2.05, 4.69) is 41.5 Å². The molecule has 0 radical (unpaired) electrons. The molecule has 0 heterocycles. The Morgan fingerprint density at radius 3 is 1.24 bits per heavy atom. The lowest BCUT2D eigenvalue weighted by molar-refractivity contribution is 0.339. The average Bonchev–Trinajstić information content (AvgIpc) is 2.28. The third-order valence-corrected chi connectivity index (χ3v) is 4.40. The highest BCUT2D eigenvalue weighted by atomic mass is 14.2. The summed E-state index contributed by atoms with van der Waals surface area (Å²) in [5.41, 5.74) is 0. The van der Waals surface area contributed by atoms with Crippen LogP contribution in [0.3, 0.4) is 0 Å². The minimum Gasteiger partial charge on any atom is -0.0651 e. The maximum atomic E-state index is 2.44. The molecule has 0 fully saturated rings. The van der Waals surface area contributed by atoms with Gasteiger partial charge in [-0.15, -0.1) is 0 Å². The molecule has 0 saturated carbocycles. The van der Waals surface area contributed by atoms with Crippen LogP contribution in [0, 0.1) is 23.7 Å². The van der Waals surface area contributed by atoms with Gasteiger partial charge in [0.1, 0.15) is 0 Å². The highest BCUT2D eigenvalue weighted by molar-refractivity contribution is 4.62. The smallest absolute Gasteiger partial charge is 0.0440 e. The van der Waals surface area contributed by atoms with E-state index < -0.39 is 0 Å². The van der Waals surface area contributed by atoms with Crippen LogP contribution in [0.5, 0.6) is 0 Å². The van der Waals surface area contributed by atoms with E-state index in [1.54, 1.807) is 0 Å². The molecule has 0 N–H and O–H groups in total. The van der Waals surface area contributed by atoms with Crippen LogP contribution < -0.4 is 0 Å². The first-order valence-corrected chi connectivity index (χ1v) is 7.99. The average molecular weight is 240 g/mol. The van der Waals surface area contributed by atoms with E-state index in [4.69, 9.17) is 0 Å². The van der Waals surface area contributed by atoms with Crippen molar-refractivity contribution < 1.29 is 0 Å². The molecule has 0 rings (SSSR count). The zero-order chi connectivity index (χ0) is 13.3. The Morgan fingerprint density at radius 1 is 0.588 bits per heavy atom. The molecule has 0 aromatic heterocycles. The molecular weight excluding hydrogens is 204 g/mol. The van der Waals surface area contributed by atoms with Crippen LogP contribution in [-0.2, 0) is 0 Å². The van der Waals surface area contributed by atoms with Crippen LogP contribution in [0.1, 0.15) is 86.5 Å². The van der Waals surface area contributed by atoms with Gasteiger partial charge in [0.05, 0.1) is 0 Å². The van der Waals surface area contributed by atoms with Gasteiger partial charge in [-0.3, -0.25) is 0 Å². The number of hydrogen-bond acceptors (Lipinski definition) is 0. The molecular formula is C17H36. The fourth-order valence-corrected chi connectivity index (χ4v) is 2.76. The van der Waals surface area contributed by atoms with E-state index >= 15 is 0 Å². The Balaban J connectivity index is 3.55. The lowest BCUT2D eigenvalue weighted by atomic mass is 9.88. The van der Waals surface area contributed by atoms with Gasteiger partial charge >= 0.3 is 0 Å². The molecule has 0 spiro atoms. The fraction of sp³-hybridized carbons (Fsp3) is 1.00. The molecule has 0 heteroatoms. The summed E-state index contributed by atoms with van der Waals surface area (Å²) in [5.74, 6) is 3.70. The lowest BCUT2D eigenvalue weighted by Gasteiger charge is -2.18. The Labute approximate surface area is 111 Å². The van der Waals surface area contributed by atoms with Crippen molar-refractivity contribution in [2.45, 2.75) is 86.5 Å². The van der Waals surface area contributed by atoms with Crippen molar-refractivity contribution in [2.24, 2.45) is 23.7 Å². The lowest BCUT2D eigenvalue weighted by Crippen LogP contribution is -2.05. The molecule has 0 nitrogen and oxygen atoms in total. The first-order chi connectivity index (χ1) is 7.99. The summed E-state index contributed by atoms with van der Waals surface area (Å²) in [5, 5.41) is 0. The predicted octanol–water partition coefficient (Wildman–Crippen LogP) is 6.30. The van der Waals surface area contributed by atoms with E-state index in [0.717, 1.165) is 23.7 Å². The van der Waals surface area contributed by atoms with Crippen molar-refractivity contribution in [2.75, 3.05) is 0 Å². The molecule has 4 atom stereocenters. The van der Waals surface area contributed by atoms with Gasteiger partial charge in [-0.05, 0) is 36.5 Å². The van der Waals surface area contributed by atoms with E-state index in [1.165, 1.54) is 44.9 Å². The molecule has 0 aliphatic heterocycles. The summed E-state index contributed by atoms with van der Waals surface area (Å²) in [7, 11) is 0. The van der Waals surface area contributed by atoms with Crippen LogP contribution in [-0.4, -0.2) is 0 Å². The summed E-state index contributed by atoms with van der Waals surface area (Å²) in [6.07, 6.45) is 9.86. The molecule has 0 bridgehead atoms. The van der Waals surface area contributed by atoms with Crippen LogP contribution in [0.25, 0.3) is 0 Å². The van der Waals surface area contributed by atoms with E-state index in [9.17, 15) is 0 Å². The first-order valence-electron chi connectivity index (χ1n) is 7.99. The summed E-state index contributed by atoms with van der Waals surface area (Å²) < 4.78 is 0. The molecule has 0 aliphatic carbocycles. The monoisotopic (exact) mass is 240 g/mol. The summed E-state index contributed by atoms with van der Waals surface area (Å²) in [6.45, 7) is 14.3. The van der Waals surface area contributed by atoms with Crippen LogP contribution in [0.4, 0.5) is 0 Å². The van der Waals surface area contributed by atoms with Crippen LogP contribution in [0.15, 0.2) is 0 Å². The largest absolute Gasteiger partial charge is 0.0651 e. The van der Waals surface area contributed by atoms with E-state index in [-0.39, 0.29) is 0 Å². The normalized spacial score (nSPS) is 18.7. The van der Waals surface area contributed by atoms with Gasteiger partial charge in [0.15, 0.2) is 0 Å². The van der Waals surface area contributed by atoms with Gasteiger partial charge in [-0.2, -0.15) is 0 Å². The molecule has 0 aromatic carbocycles. The van der Waals surface area contributed by atoms with Crippen molar-refractivity contribution >= 4 is 0 Å². The maximum absolute atomic E-state index is 2.44. The number of hydrogen-bond donors (Lipinski definition) is 0. The zero-order valence-corrected chi connectivity index (χ0v) is 13.3. The SMILES string of the molecule is CCC(C)CC(C)CCCC(C)CC(C)CC. The second-order valence-corrected chi connectivity index (χ2v) is 6.64. The second kappa shape index (κ2) is 9.97. The van der Waals surface area contributed by atoms with Crippen LogP contribution >= 0.6 is 0 Å². The highest BCUT2D eigenvalue weighted by Crippen LogP contribution is 2.23. The van der Waals surface area contributed by atoms with E-state index in [0.29, 0.717) is 0 Å². The molecule has 4 unspecified atom stereocenters. The Morgan fingerprint density at radius 2 is 0.941 bits per heavy atom. The quantitative estimate of drug-likeness (QED) is 0.420. The zero-order valence-electron chi connectivity index (χ0n) is 13.3. The standard InChI is InChI=1S/C17H36/c1-7-14(3)12-16(5)10-9-11-17(6)13-15(4)8-2/h14-17H,7-13H2,1-6H3. The first kappa shape index (κ1) is 17.0. The topological polar surface area (TPSA) is 0 Å². The maximum Gasteiger partial charge on any atom is -0.0440 e. The summed E-state index contributed by atoms with van der Waals surface area (Å²) in [6, 6.07) is 0. The summed E-state index contributed by atoms with van der Waals surface area (Å²) >= 11 is 0. The highest BCUT2D eigenvalue weighted by Gasteiger charge is 2.10. The third-order valence-electron chi connectivity index (χ3n) is 4.40. The van der Waals surface area contributed by atoms with Crippen molar-refractivity contribution in [1.82, 2.24) is 0 Å². The molecule has 0 aromatic rings. The van der Waals surface area contributed by atoms with Crippen molar-refractivity contribution in [3.63, 3.8) is 0 Å². The molecule has 0 saturated heterocycles. The molecule has 0 aliphatic rings. The Hall–Kier alpha value is 0. The van der Waals surface area contributed by atoms with Gasteiger partial charge in [0, 0.05) is 0 Å².